The van der Waals surface area contributed by atoms with E-state index in [1.54, 1.807) is 12.5 Å². The summed E-state index contributed by atoms with van der Waals surface area (Å²) in [6, 6.07) is 15.3. The van der Waals surface area contributed by atoms with E-state index in [0.717, 1.165) is 26.4 Å². The second-order valence-electron chi connectivity index (χ2n) is 4.95. The number of rotatable bonds is 5. The Kier molecular flexibility index (Phi) is 5.27. The quantitative estimate of drug-likeness (QED) is 0.566. The van der Waals surface area contributed by atoms with Crippen molar-refractivity contribution >= 4 is 33.2 Å². The Morgan fingerprint density at radius 2 is 2.00 bits per heavy atom. The van der Waals surface area contributed by atoms with Gasteiger partial charge in [0.1, 0.15) is 17.4 Å². The number of nitrogens with zero attached hydrogens (tertiary/aromatic N) is 1. The first kappa shape index (κ1) is 16.7. The van der Waals surface area contributed by atoms with Gasteiger partial charge in [-0.15, -0.1) is 11.3 Å². The molecule has 0 amide bonds. The van der Waals surface area contributed by atoms with Gasteiger partial charge in [0.25, 0.3) is 0 Å². The normalized spacial score (nSPS) is 10.4. The van der Waals surface area contributed by atoms with Crippen molar-refractivity contribution in [2.45, 2.75) is 6.61 Å². The minimum atomic E-state index is -0.430. The van der Waals surface area contributed by atoms with Crippen LogP contribution in [-0.2, 0) is 11.3 Å². The average molecular weight is 404 g/mol. The van der Waals surface area contributed by atoms with E-state index in [-0.39, 0.29) is 6.61 Å². The summed E-state index contributed by atoms with van der Waals surface area (Å²) in [5.74, 6) is 0.303. The lowest BCUT2D eigenvalue weighted by Gasteiger charge is -2.07. The number of carbonyl (C=O) groups excluding carboxylic acids is 1. The maximum atomic E-state index is 12.2. The fraction of sp³-hybridized carbons (Fsp3) is 0.111. The Morgan fingerprint density at radius 3 is 2.71 bits per heavy atom. The van der Waals surface area contributed by atoms with Crippen LogP contribution in [0.25, 0.3) is 10.6 Å². The molecule has 24 heavy (non-hydrogen) atoms. The SMILES string of the molecule is COc1ccc(COC(=O)c2csc(-c3ccccc3)n2)cc1Br. The molecule has 3 rings (SSSR count). The van der Waals surface area contributed by atoms with Crippen LogP contribution in [0.2, 0.25) is 0 Å². The highest BCUT2D eigenvalue weighted by molar-refractivity contribution is 9.10. The number of hydrogen-bond donors (Lipinski definition) is 0. The van der Waals surface area contributed by atoms with E-state index in [1.165, 1.54) is 11.3 Å². The molecule has 0 saturated carbocycles. The van der Waals surface area contributed by atoms with Crippen LogP contribution in [0, 0.1) is 0 Å². The summed E-state index contributed by atoms with van der Waals surface area (Å²) < 4.78 is 11.3. The predicted octanol–water partition coefficient (Wildman–Crippen LogP) is 4.94. The van der Waals surface area contributed by atoms with Crippen LogP contribution in [0.3, 0.4) is 0 Å². The molecule has 0 atom stereocenters. The third-order valence-electron chi connectivity index (χ3n) is 3.32. The van der Waals surface area contributed by atoms with Crippen LogP contribution in [0.4, 0.5) is 0 Å². The van der Waals surface area contributed by atoms with E-state index in [0.29, 0.717) is 5.69 Å². The van der Waals surface area contributed by atoms with Gasteiger partial charge in [-0.05, 0) is 33.6 Å². The fourth-order valence-corrected chi connectivity index (χ4v) is 3.49. The molecular weight excluding hydrogens is 390 g/mol. The summed E-state index contributed by atoms with van der Waals surface area (Å²) in [6.07, 6.45) is 0. The van der Waals surface area contributed by atoms with Crippen molar-refractivity contribution in [2.75, 3.05) is 7.11 Å². The van der Waals surface area contributed by atoms with Crippen LogP contribution >= 0.6 is 27.3 Å². The summed E-state index contributed by atoms with van der Waals surface area (Å²) in [5.41, 5.74) is 2.18. The van der Waals surface area contributed by atoms with Gasteiger partial charge in [0, 0.05) is 10.9 Å². The number of hydrogen-bond acceptors (Lipinski definition) is 5. The second-order valence-corrected chi connectivity index (χ2v) is 6.66. The van der Waals surface area contributed by atoms with Gasteiger partial charge in [-0.3, -0.25) is 0 Å². The smallest absolute Gasteiger partial charge is 0.358 e. The van der Waals surface area contributed by atoms with Gasteiger partial charge in [-0.25, -0.2) is 9.78 Å². The first-order valence-electron chi connectivity index (χ1n) is 7.18. The largest absolute Gasteiger partial charge is 0.496 e. The molecule has 1 aromatic heterocycles. The standard InChI is InChI=1S/C18H14BrNO3S/c1-22-16-8-7-12(9-14(16)19)10-23-18(21)15-11-24-17(20-15)13-5-3-2-4-6-13/h2-9,11H,10H2,1H3. The Balaban J connectivity index is 1.65. The number of esters is 1. The first-order valence-corrected chi connectivity index (χ1v) is 8.85. The maximum Gasteiger partial charge on any atom is 0.358 e. The number of halogens is 1. The van der Waals surface area contributed by atoms with Crippen LogP contribution < -0.4 is 4.74 Å². The van der Waals surface area contributed by atoms with Gasteiger partial charge >= 0.3 is 5.97 Å². The molecule has 3 aromatic rings. The van der Waals surface area contributed by atoms with Gasteiger partial charge in [0.15, 0.2) is 5.69 Å². The molecular formula is C18H14BrNO3S. The van der Waals surface area contributed by atoms with Crippen molar-refractivity contribution in [3.8, 4) is 16.3 Å². The lowest BCUT2D eigenvalue weighted by molar-refractivity contribution is 0.0466. The second kappa shape index (κ2) is 7.59. The molecule has 6 heteroatoms. The van der Waals surface area contributed by atoms with Crippen molar-refractivity contribution < 1.29 is 14.3 Å². The minimum absolute atomic E-state index is 0.180. The number of carbonyl (C=O) groups is 1. The summed E-state index contributed by atoms with van der Waals surface area (Å²) >= 11 is 4.84. The Labute approximate surface area is 152 Å². The highest BCUT2D eigenvalue weighted by Crippen LogP contribution is 2.26. The van der Waals surface area contributed by atoms with Gasteiger partial charge in [0.2, 0.25) is 0 Å². The van der Waals surface area contributed by atoms with Crippen molar-refractivity contribution in [2.24, 2.45) is 0 Å². The molecule has 0 spiro atoms. The Hall–Kier alpha value is -2.18. The van der Waals surface area contributed by atoms with Crippen molar-refractivity contribution in [3.63, 3.8) is 0 Å². The van der Waals surface area contributed by atoms with E-state index in [2.05, 4.69) is 20.9 Å². The van der Waals surface area contributed by atoms with Crippen LogP contribution in [-0.4, -0.2) is 18.1 Å². The van der Waals surface area contributed by atoms with Crippen molar-refractivity contribution in [1.82, 2.24) is 4.98 Å². The maximum absolute atomic E-state index is 12.2. The van der Waals surface area contributed by atoms with Crippen molar-refractivity contribution in [3.05, 3.63) is 69.6 Å². The zero-order valence-electron chi connectivity index (χ0n) is 12.9. The zero-order chi connectivity index (χ0) is 16.9. The first-order chi connectivity index (χ1) is 11.7. The minimum Gasteiger partial charge on any atom is -0.496 e. The molecule has 4 nitrogen and oxygen atoms in total. The van der Waals surface area contributed by atoms with Crippen LogP contribution in [0.1, 0.15) is 16.1 Å². The topological polar surface area (TPSA) is 48.4 Å². The van der Waals surface area contributed by atoms with Gasteiger partial charge < -0.3 is 9.47 Å². The van der Waals surface area contributed by atoms with E-state index in [9.17, 15) is 4.79 Å². The number of methoxy groups -OCH3 is 1. The molecule has 0 N–H and O–H groups in total. The van der Waals surface area contributed by atoms with E-state index in [1.807, 2.05) is 48.5 Å². The summed E-state index contributed by atoms with van der Waals surface area (Å²) in [5, 5.41) is 2.52. The highest BCUT2D eigenvalue weighted by Gasteiger charge is 2.13. The van der Waals surface area contributed by atoms with E-state index < -0.39 is 5.97 Å². The number of thiazole rings is 1. The number of aromatic nitrogens is 1. The molecule has 0 aliphatic heterocycles. The van der Waals surface area contributed by atoms with Gasteiger partial charge in [-0.2, -0.15) is 0 Å². The molecule has 0 aliphatic rings. The third kappa shape index (κ3) is 3.83. The monoisotopic (exact) mass is 403 g/mol. The highest BCUT2D eigenvalue weighted by atomic mass is 79.9. The van der Waals surface area contributed by atoms with Gasteiger partial charge in [0.05, 0.1) is 11.6 Å². The Bertz CT molecular complexity index is 848. The molecule has 1 heterocycles. The fourth-order valence-electron chi connectivity index (χ4n) is 2.10. The molecule has 0 radical (unpaired) electrons. The number of benzene rings is 2. The molecule has 0 aliphatic carbocycles. The average Bonchev–Trinajstić information content (AvgIpc) is 3.11. The summed E-state index contributed by atoms with van der Waals surface area (Å²) in [6.45, 7) is 0.180. The number of ether oxygens (including phenoxy) is 2. The van der Waals surface area contributed by atoms with E-state index in [4.69, 9.17) is 9.47 Å². The lowest BCUT2D eigenvalue weighted by Crippen LogP contribution is -2.05. The molecule has 0 unspecified atom stereocenters. The zero-order valence-corrected chi connectivity index (χ0v) is 15.3. The molecule has 0 fully saturated rings. The third-order valence-corrected chi connectivity index (χ3v) is 4.83. The molecule has 0 saturated heterocycles. The Morgan fingerprint density at radius 1 is 1.21 bits per heavy atom. The molecule has 2 aromatic carbocycles. The summed E-state index contributed by atoms with van der Waals surface area (Å²) in [4.78, 5) is 16.5. The molecule has 0 bridgehead atoms. The summed E-state index contributed by atoms with van der Waals surface area (Å²) in [7, 11) is 1.60. The van der Waals surface area contributed by atoms with E-state index >= 15 is 0 Å². The molecule has 122 valence electrons. The van der Waals surface area contributed by atoms with Crippen LogP contribution in [0.5, 0.6) is 5.75 Å². The lowest BCUT2D eigenvalue weighted by atomic mass is 10.2. The van der Waals surface area contributed by atoms with Gasteiger partial charge in [-0.1, -0.05) is 36.4 Å². The predicted molar refractivity (Wildman–Crippen MR) is 97.4 cm³/mol. The van der Waals surface area contributed by atoms with Crippen molar-refractivity contribution in [1.29, 1.82) is 0 Å². The van der Waals surface area contributed by atoms with Crippen LogP contribution in [0.15, 0.2) is 58.4 Å².